The van der Waals surface area contributed by atoms with Crippen LogP contribution in [0.4, 0.5) is 0 Å². The van der Waals surface area contributed by atoms with Crippen LogP contribution in [-0.4, -0.2) is 28.5 Å². The lowest BCUT2D eigenvalue weighted by atomic mass is 9.87. The molecule has 1 aliphatic heterocycles. The van der Waals surface area contributed by atoms with Crippen molar-refractivity contribution in [3.05, 3.63) is 35.4 Å². The van der Waals surface area contributed by atoms with Gasteiger partial charge >= 0.3 is 5.97 Å². The van der Waals surface area contributed by atoms with Crippen molar-refractivity contribution in [3.8, 4) is 0 Å². The first kappa shape index (κ1) is 15.5. The van der Waals surface area contributed by atoms with E-state index in [0.717, 1.165) is 18.4 Å². The minimum atomic E-state index is -0.862. The van der Waals surface area contributed by atoms with E-state index < -0.39 is 12.0 Å². The number of carboxylic acid groups (broad SMARTS) is 1. The molecule has 0 spiro atoms. The maximum Gasteiger partial charge on any atom is 0.328 e. The summed E-state index contributed by atoms with van der Waals surface area (Å²) in [7, 11) is 0. The zero-order valence-electron chi connectivity index (χ0n) is 13.2. The first-order chi connectivity index (χ1) is 9.84. The molecule has 2 N–H and O–H groups in total. The van der Waals surface area contributed by atoms with Gasteiger partial charge in [0.15, 0.2) is 6.04 Å². The van der Waals surface area contributed by atoms with E-state index in [2.05, 4.69) is 30.2 Å². The van der Waals surface area contributed by atoms with Crippen molar-refractivity contribution >= 4 is 11.8 Å². The number of carboxylic acids is 1. The summed E-state index contributed by atoms with van der Waals surface area (Å²) in [6.07, 6.45) is 1.70. The Labute approximate surface area is 126 Å². The molecule has 4 heteroatoms. The van der Waals surface area contributed by atoms with Crippen LogP contribution < -0.4 is 5.32 Å². The van der Waals surface area contributed by atoms with Crippen LogP contribution in [0.25, 0.3) is 0 Å². The molecule has 1 heterocycles. The zero-order chi connectivity index (χ0) is 15.6. The summed E-state index contributed by atoms with van der Waals surface area (Å²) in [6, 6.07) is 7.37. The van der Waals surface area contributed by atoms with Gasteiger partial charge in [0.1, 0.15) is 5.84 Å². The number of fused-ring (bicyclic) bond motifs is 1. The van der Waals surface area contributed by atoms with Crippen molar-refractivity contribution in [2.24, 2.45) is 10.9 Å². The molecule has 0 amide bonds. The molecular weight excluding hydrogens is 264 g/mol. The quantitative estimate of drug-likeness (QED) is 0.895. The van der Waals surface area contributed by atoms with Crippen LogP contribution in [-0.2, 0) is 11.2 Å². The van der Waals surface area contributed by atoms with Gasteiger partial charge in [-0.15, -0.1) is 0 Å². The van der Waals surface area contributed by atoms with Crippen LogP contribution in [0.3, 0.4) is 0 Å². The summed E-state index contributed by atoms with van der Waals surface area (Å²) >= 11 is 0. The molecule has 0 unspecified atom stereocenters. The Hall–Kier alpha value is -1.84. The van der Waals surface area contributed by atoms with Gasteiger partial charge in [-0.1, -0.05) is 44.5 Å². The standard InChI is InChI=1S/C17H24N2O2/c1-5-11(2)14(16(20)21)18-15-13-9-7-6-8-12(13)10-17(3,4)19-15/h6-9,11,14H,5,10H2,1-4H3,(H,18,19)(H,20,21)/t11-,14+/m0/s1. The molecule has 0 aromatic heterocycles. The van der Waals surface area contributed by atoms with Gasteiger partial charge < -0.3 is 10.4 Å². The summed E-state index contributed by atoms with van der Waals surface area (Å²) in [4.78, 5) is 16.1. The van der Waals surface area contributed by atoms with Gasteiger partial charge in [-0.25, -0.2) is 4.79 Å². The number of aliphatic carboxylic acids is 1. The van der Waals surface area contributed by atoms with Crippen molar-refractivity contribution in [2.75, 3.05) is 0 Å². The molecule has 0 aliphatic carbocycles. The Kier molecular flexibility index (Phi) is 4.35. The summed E-state index contributed by atoms with van der Waals surface area (Å²) in [6.45, 7) is 8.14. The topological polar surface area (TPSA) is 61.7 Å². The summed E-state index contributed by atoms with van der Waals surface area (Å²) in [5.41, 5.74) is 2.12. The number of aliphatic imine (C=N–C) groups is 1. The molecule has 1 aromatic rings. The van der Waals surface area contributed by atoms with Gasteiger partial charge in [0.05, 0.1) is 0 Å². The van der Waals surface area contributed by atoms with Gasteiger partial charge in [0, 0.05) is 11.1 Å². The minimum absolute atomic E-state index is 0.00833. The summed E-state index contributed by atoms with van der Waals surface area (Å²) in [5, 5.41) is 12.8. The van der Waals surface area contributed by atoms with Crippen LogP contribution in [0.1, 0.15) is 45.2 Å². The fourth-order valence-corrected chi connectivity index (χ4v) is 2.70. The van der Waals surface area contributed by atoms with E-state index in [0.29, 0.717) is 5.84 Å². The van der Waals surface area contributed by atoms with Gasteiger partial charge in [-0.05, 0) is 31.7 Å². The summed E-state index contributed by atoms with van der Waals surface area (Å²) in [5.74, 6) is -0.150. The maximum absolute atomic E-state index is 11.5. The second-order valence-corrected chi connectivity index (χ2v) is 6.49. The monoisotopic (exact) mass is 288 g/mol. The highest BCUT2D eigenvalue weighted by Crippen LogP contribution is 2.24. The molecule has 114 valence electrons. The fraction of sp³-hybridized carbons (Fsp3) is 0.529. The Morgan fingerprint density at radius 2 is 2.10 bits per heavy atom. The lowest BCUT2D eigenvalue weighted by Gasteiger charge is -2.35. The lowest BCUT2D eigenvalue weighted by molar-refractivity contribution is -0.139. The zero-order valence-corrected chi connectivity index (χ0v) is 13.2. The van der Waals surface area contributed by atoms with Crippen LogP contribution in [0.15, 0.2) is 29.3 Å². The number of benzene rings is 1. The van der Waals surface area contributed by atoms with Gasteiger partial charge in [0.2, 0.25) is 0 Å². The third kappa shape index (κ3) is 3.43. The van der Waals surface area contributed by atoms with Crippen LogP contribution in [0.2, 0.25) is 0 Å². The SMILES string of the molecule is CC[C@H](C)[C@@H](N=C1NC(C)(C)Cc2ccccc21)C(=O)O. The second-order valence-electron chi connectivity index (χ2n) is 6.49. The average molecular weight is 288 g/mol. The molecular formula is C17H24N2O2. The number of rotatable bonds is 4. The number of nitrogens with zero attached hydrogens (tertiary/aromatic N) is 1. The van der Waals surface area contributed by atoms with E-state index in [-0.39, 0.29) is 11.5 Å². The van der Waals surface area contributed by atoms with Crippen molar-refractivity contribution in [3.63, 3.8) is 0 Å². The predicted molar refractivity (Wildman–Crippen MR) is 84.8 cm³/mol. The molecule has 0 saturated carbocycles. The number of carbonyl (C=O) groups is 1. The molecule has 0 radical (unpaired) electrons. The highest BCUT2D eigenvalue weighted by molar-refractivity contribution is 6.02. The molecule has 0 fully saturated rings. The van der Waals surface area contributed by atoms with Crippen molar-refractivity contribution in [1.29, 1.82) is 0 Å². The number of nitrogens with one attached hydrogen (secondary N) is 1. The smallest absolute Gasteiger partial charge is 0.328 e. The summed E-state index contributed by atoms with van der Waals surface area (Å²) < 4.78 is 0. The van der Waals surface area contributed by atoms with Crippen molar-refractivity contribution in [1.82, 2.24) is 5.32 Å². The third-order valence-corrected chi connectivity index (χ3v) is 4.07. The maximum atomic E-state index is 11.5. The van der Waals surface area contributed by atoms with Crippen LogP contribution in [0.5, 0.6) is 0 Å². The molecule has 1 aliphatic rings. The number of amidine groups is 1. The molecule has 4 nitrogen and oxygen atoms in total. The second kappa shape index (κ2) is 5.88. The lowest BCUT2D eigenvalue weighted by Crippen LogP contribution is -2.50. The highest BCUT2D eigenvalue weighted by atomic mass is 16.4. The predicted octanol–water partition coefficient (Wildman–Crippen LogP) is 2.86. The number of hydrogen-bond acceptors (Lipinski definition) is 2. The van der Waals surface area contributed by atoms with E-state index >= 15 is 0 Å². The van der Waals surface area contributed by atoms with Gasteiger partial charge in [-0.3, -0.25) is 4.99 Å². The van der Waals surface area contributed by atoms with Gasteiger partial charge in [-0.2, -0.15) is 0 Å². The molecule has 2 atom stereocenters. The van der Waals surface area contributed by atoms with Crippen LogP contribution in [0, 0.1) is 5.92 Å². The molecule has 0 bridgehead atoms. The normalized spacial score (nSPS) is 21.2. The Balaban J connectivity index is 2.46. The van der Waals surface area contributed by atoms with E-state index in [1.165, 1.54) is 5.56 Å². The first-order valence-electron chi connectivity index (χ1n) is 7.51. The minimum Gasteiger partial charge on any atom is -0.480 e. The van der Waals surface area contributed by atoms with E-state index in [4.69, 9.17) is 0 Å². The highest BCUT2D eigenvalue weighted by Gasteiger charge is 2.30. The van der Waals surface area contributed by atoms with Crippen LogP contribution >= 0.6 is 0 Å². The van der Waals surface area contributed by atoms with Crippen molar-refractivity contribution < 1.29 is 9.90 Å². The average Bonchev–Trinajstić information content (AvgIpc) is 2.42. The molecule has 21 heavy (non-hydrogen) atoms. The molecule has 1 aromatic carbocycles. The Morgan fingerprint density at radius 1 is 1.43 bits per heavy atom. The Bertz CT molecular complexity index is 564. The van der Waals surface area contributed by atoms with E-state index in [1.54, 1.807) is 0 Å². The molecule has 2 rings (SSSR count). The fourth-order valence-electron chi connectivity index (χ4n) is 2.70. The first-order valence-corrected chi connectivity index (χ1v) is 7.51. The largest absolute Gasteiger partial charge is 0.480 e. The third-order valence-electron chi connectivity index (χ3n) is 4.07. The number of hydrogen-bond donors (Lipinski definition) is 2. The van der Waals surface area contributed by atoms with Crippen molar-refractivity contribution in [2.45, 2.75) is 52.1 Å². The van der Waals surface area contributed by atoms with E-state index in [9.17, 15) is 9.90 Å². The van der Waals surface area contributed by atoms with E-state index in [1.807, 2.05) is 32.0 Å². The Morgan fingerprint density at radius 3 is 2.71 bits per heavy atom. The van der Waals surface area contributed by atoms with Gasteiger partial charge in [0.25, 0.3) is 0 Å². The molecule has 0 saturated heterocycles.